The predicted octanol–water partition coefficient (Wildman–Crippen LogP) is 5.27. The van der Waals surface area contributed by atoms with Crippen LogP contribution < -0.4 is 5.32 Å². The number of carbonyl (C=O) groups is 5. The molecule has 202 valence electrons. The van der Waals surface area contributed by atoms with Gasteiger partial charge in [0.2, 0.25) is 11.7 Å². The lowest BCUT2D eigenvalue weighted by atomic mass is 10.1. The van der Waals surface area contributed by atoms with Gasteiger partial charge in [-0.15, -0.1) is 0 Å². The molecule has 8 nitrogen and oxygen atoms in total. The van der Waals surface area contributed by atoms with Crippen LogP contribution in [0.1, 0.15) is 68.4 Å². The van der Waals surface area contributed by atoms with Gasteiger partial charge in [-0.1, -0.05) is 59.7 Å². The van der Waals surface area contributed by atoms with Crippen molar-refractivity contribution in [3.8, 4) is 0 Å². The lowest BCUT2D eigenvalue weighted by Crippen LogP contribution is -2.24. The standard InChI is InChI=1S/C31H31NO7/c1-20-7-11-23(12-8-20)27(33)19-38-31(37)25-15-17-26(18-16-25)32-28(34)5-4-6-29(35)39-22(3)30(36)24-13-9-21(2)10-14-24/h7-18,22H,4-6,19H2,1-3H3,(H,32,34). The zero-order valence-electron chi connectivity index (χ0n) is 22.2. The number of Topliss-reactive ketones (excluding diaryl/α,β-unsaturated/α-hetero) is 2. The second-order valence-corrected chi connectivity index (χ2v) is 9.21. The largest absolute Gasteiger partial charge is 0.454 e. The van der Waals surface area contributed by atoms with Crippen molar-refractivity contribution in [1.29, 1.82) is 0 Å². The van der Waals surface area contributed by atoms with E-state index in [9.17, 15) is 24.0 Å². The van der Waals surface area contributed by atoms with E-state index in [-0.39, 0.29) is 48.9 Å². The van der Waals surface area contributed by atoms with Crippen molar-refractivity contribution in [3.63, 3.8) is 0 Å². The summed E-state index contributed by atoms with van der Waals surface area (Å²) in [4.78, 5) is 61.2. The van der Waals surface area contributed by atoms with Gasteiger partial charge >= 0.3 is 11.9 Å². The van der Waals surface area contributed by atoms with Gasteiger partial charge in [-0.05, 0) is 51.5 Å². The summed E-state index contributed by atoms with van der Waals surface area (Å²) in [5.74, 6) is -2.11. The number of rotatable bonds is 12. The first-order chi connectivity index (χ1) is 18.6. The maximum atomic E-state index is 12.4. The Hall–Kier alpha value is -4.59. The van der Waals surface area contributed by atoms with E-state index < -0.39 is 18.0 Å². The second-order valence-electron chi connectivity index (χ2n) is 9.21. The van der Waals surface area contributed by atoms with Crippen molar-refractivity contribution < 1.29 is 33.4 Å². The van der Waals surface area contributed by atoms with Crippen molar-refractivity contribution in [2.75, 3.05) is 11.9 Å². The van der Waals surface area contributed by atoms with Crippen LogP contribution in [0.15, 0.2) is 72.8 Å². The number of ether oxygens (including phenoxy) is 2. The van der Waals surface area contributed by atoms with Gasteiger partial charge in [-0.2, -0.15) is 0 Å². The summed E-state index contributed by atoms with van der Waals surface area (Å²) in [6.45, 7) is 4.98. The van der Waals surface area contributed by atoms with Crippen LogP contribution in [-0.4, -0.2) is 42.1 Å². The van der Waals surface area contributed by atoms with Gasteiger partial charge in [-0.3, -0.25) is 19.2 Å². The molecule has 0 heterocycles. The first kappa shape index (κ1) is 29.0. The molecule has 0 aliphatic heterocycles. The number of benzene rings is 3. The van der Waals surface area contributed by atoms with E-state index in [1.165, 1.54) is 19.1 Å². The van der Waals surface area contributed by atoms with E-state index in [4.69, 9.17) is 9.47 Å². The minimum absolute atomic E-state index is 0.00890. The second kappa shape index (κ2) is 13.8. The zero-order chi connectivity index (χ0) is 28.4. The van der Waals surface area contributed by atoms with Crippen molar-refractivity contribution in [1.82, 2.24) is 0 Å². The molecule has 3 aromatic rings. The molecule has 3 aromatic carbocycles. The van der Waals surface area contributed by atoms with Crippen molar-refractivity contribution in [3.05, 3.63) is 101 Å². The highest BCUT2D eigenvalue weighted by Gasteiger charge is 2.19. The Morgan fingerprint density at radius 2 is 1.26 bits per heavy atom. The molecule has 8 heteroatoms. The predicted molar refractivity (Wildman–Crippen MR) is 146 cm³/mol. The van der Waals surface area contributed by atoms with Crippen molar-refractivity contribution >= 4 is 35.1 Å². The fourth-order valence-corrected chi connectivity index (χ4v) is 3.61. The minimum Gasteiger partial charge on any atom is -0.454 e. The van der Waals surface area contributed by atoms with E-state index >= 15 is 0 Å². The Labute approximate surface area is 227 Å². The Morgan fingerprint density at radius 1 is 0.718 bits per heavy atom. The number of anilines is 1. The molecule has 0 bridgehead atoms. The van der Waals surface area contributed by atoms with Crippen LogP contribution >= 0.6 is 0 Å². The monoisotopic (exact) mass is 529 g/mol. The number of ketones is 2. The van der Waals surface area contributed by atoms with Gasteiger partial charge in [0.25, 0.3) is 0 Å². The maximum Gasteiger partial charge on any atom is 0.338 e. The fraction of sp³-hybridized carbons (Fsp3) is 0.258. The number of esters is 2. The van der Waals surface area contributed by atoms with E-state index in [0.29, 0.717) is 16.8 Å². The van der Waals surface area contributed by atoms with Gasteiger partial charge in [-0.25, -0.2) is 4.79 Å². The summed E-state index contributed by atoms with van der Waals surface area (Å²) >= 11 is 0. The summed E-state index contributed by atoms with van der Waals surface area (Å²) in [6.07, 6.45) is -0.610. The molecule has 39 heavy (non-hydrogen) atoms. The summed E-state index contributed by atoms with van der Waals surface area (Å²) in [7, 11) is 0. The number of hydrogen-bond acceptors (Lipinski definition) is 7. The normalized spacial score (nSPS) is 11.3. The summed E-state index contributed by atoms with van der Waals surface area (Å²) < 4.78 is 10.3. The molecular weight excluding hydrogens is 498 g/mol. The molecule has 0 aliphatic carbocycles. The smallest absolute Gasteiger partial charge is 0.338 e. The van der Waals surface area contributed by atoms with E-state index in [2.05, 4.69) is 5.32 Å². The first-order valence-electron chi connectivity index (χ1n) is 12.6. The third kappa shape index (κ3) is 9.03. The highest BCUT2D eigenvalue weighted by Crippen LogP contribution is 2.13. The number of aryl methyl sites for hydroxylation is 2. The molecule has 0 spiro atoms. The quantitative estimate of drug-likeness (QED) is 0.251. The average Bonchev–Trinajstić information content (AvgIpc) is 2.92. The number of carbonyl (C=O) groups excluding carboxylic acids is 5. The van der Waals surface area contributed by atoms with Gasteiger partial charge in [0.15, 0.2) is 18.5 Å². The van der Waals surface area contributed by atoms with Crippen molar-refractivity contribution in [2.45, 2.75) is 46.1 Å². The lowest BCUT2D eigenvalue weighted by Gasteiger charge is -2.12. The molecule has 1 N–H and O–H groups in total. The Balaban J connectivity index is 1.37. The van der Waals surface area contributed by atoms with Crippen LogP contribution in [0.25, 0.3) is 0 Å². The Morgan fingerprint density at radius 3 is 1.85 bits per heavy atom. The van der Waals surface area contributed by atoms with Gasteiger partial charge in [0.1, 0.15) is 0 Å². The molecule has 0 aliphatic rings. The van der Waals surface area contributed by atoms with Crippen LogP contribution in [0.2, 0.25) is 0 Å². The van der Waals surface area contributed by atoms with E-state index in [0.717, 1.165) is 11.1 Å². The zero-order valence-corrected chi connectivity index (χ0v) is 22.2. The van der Waals surface area contributed by atoms with E-state index in [1.54, 1.807) is 36.4 Å². The number of amides is 1. The highest BCUT2D eigenvalue weighted by atomic mass is 16.5. The lowest BCUT2D eigenvalue weighted by molar-refractivity contribution is -0.146. The highest BCUT2D eigenvalue weighted by molar-refractivity contribution is 6.00. The number of nitrogens with one attached hydrogen (secondary N) is 1. The molecule has 3 rings (SSSR count). The average molecular weight is 530 g/mol. The molecule has 0 saturated carbocycles. The summed E-state index contributed by atoms with van der Waals surface area (Å²) in [5, 5.41) is 2.69. The van der Waals surface area contributed by atoms with Crippen LogP contribution in [0.4, 0.5) is 5.69 Å². The van der Waals surface area contributed by atoms with Crippen molar-refractivity contribution in [2.24, 2.45) is 0 Å². The molecule has 1 amide bonds. The molecule has 1 unspecified atom stereocenters. The Kier molecular flexibility index (Phi) is 10.3. The summed E-state index contributed by atoms with van der Waals surface area (Å²) in [6, 6.07) is 20.0. The van der Waals surface area contributed by atoms with Crippen LogP contribution in [-0.2, 0) is 19.1 Å². The minimum atomic E-state index is -0.917. The first-order valence-corrected chi connectivity index (χ1v) is 12.6. The molecule has 0 aromatic heterocycles. The fourth-order valence-electron chi connectivity index (χ4n) is 3.61. The SMILES string of the molecule is Cc1ccc(C(=O)COC(=O)c2ccc(NC(=O)CCCC(=O)OC(C)C(=O)c3ccc(C)cc3)cc2)cc1. The topological polar surface area (TPSA) is 116 Å². The van der Waals surface area contributed by atoms with Crippen LogP contribution in [0.3, 0.4) is 0 Å². The molecule has 0 fully saturated rings. The van der Waals surface area contributed by atoms with E-state index in [1.807, 2.05) is 38.1 Å². The molecule has 0 radical (unpaired) electrons. The van der Waals surface area contributed by atoms with Gasteiger partial charge in [0, 0.05) is 29.7 Å². The summed E-state index contributed by atoms with van der Waals surface area (Å²) in [5.41, 5.74) is 3.68. The molecule has 0 saturated heterocycles. The van der Waals surface area contributed by atoms with Crippen LogP contribution in [0.5, 0.6) is 0 Å². The van der Waals surface area contributed by atoms with Gasteiger partial charge < -0.3 is 14.8 Å². The molecule has 1 atom stereocenters. The van der Waals surface area contributed by atoms with Gasteiger partial charge in [0.05, 0.1) is 5.56 Å². The molecular formula is C31H31NO7. The third-order valence-corrected chi connectivity index (χ3v) is 5.91. The third-order valence-electron chi connectivity index (χ3n) is 5.91. The Bertz CT molecular complexity index is 1330. The van der Waals surface area contributed by atoms with Crippen LogP contribution in [0, 0.1) is 13.8 Å². The number of hydrogen-bond donors (Lipinski definition) is 1. The maximum absolute atomic E-state index is 12.4.